The summed E-state index contributed by atoms with van der Waals surface area (Å²) in [5, 5.41) is 36.0. The van der Waals surface area contributed by atoms with Gasteiger partial charge in [0.2, 0.25) is 11.0 Å². The van der Waals surface area contributed by atoms with Gasteiger partial charge < -0.3 is 35.8 Å². The lowest BCUT2D eigenvalue weighted by Crippen LogP contribution is -2.71. The molecule has 0 bridgehead atoms. The molecule has 2 aliphatic heterocycles. The van der Waals surface area contributed by atoms with Crippen molar-refractivity contribution in [2.75, 3.05) is 11.5 Å². The Morgan fingerprint density at radius 2 is 2.02 bits per heavy atom. The Bertz CT molecular complexity index is 1670. The van der Waals surface area contributed by atoms with Crippen LogP contribution in [0.5, 0.6) is 5.75 Å². The number of anilines is 1. The molecule has 2 aliphatic rings. The fraction of sp³-hybridized carbons (Fsp3) is 0.269. The zero-order chi connectivity index (χ0) is 31.6. The molecular formula is C26H26N6O9S2. The average Bonchev–Trinajstić information content (AvgIpc) is 3.37. The number of carboxylic acid groups (broad SMARTS) is 2. The maximum atomic E-state index is 13.2. The molecular weight excluding hydrogens is 604 g/mol. The smallest absolute Gasteiger partial charge is 0.352 e. The van der Waals surface area contributed by atoms with E-state index in [9.17, 15) is 39.3 Å². The van der Waals surface area contributed by atoms with E-state index < -0.39 is 57.7 Å². The minimum absolute atomic E-state index is 0.0104. The summed E-state index contributed by atoms with van der Waals surface area (Å²) < 4.78 is 1.54. The van der Waals surface area contributed by atoms with E-state index in [1.54, 1.807) is 6.08 Å². The summed E-state index contributed by atoms with van der Waals surface area (Å²) in [7, 11) is 0. The highest BCUT2D eigenvalue weighted by atomic mass is 32.2. The van der Waals surface area contributed by atoms with E-state index in [1.807, 2.05) is 0 Å². The number of pyridine rings is 1. The van der Waals surface area contributed by atoms with Crippen molar-refractivity contribution in [3.8, 4) is 5.75 Å². The number of rotatable bonds is 11. The Hall–Kier alpha value is -4.90. The van der Waals surface area contributed by atoms with Gasteiger partial charge in [0.25, 0.3) is 11.8 Å². The topological polar surface area (TPSA) is 227 Å². The van der Waals surface area contributed by atoms with Gasteiger partial charge in [-0.15, -0.1) is 29.7 Å². The van der Waals surface area contributed by atoms with Crippen molar-refractivity contribution in [3.05, 3.63) is 69.3 Å². The number of aliphatic carboxylic acids is 2. The number of nitrogens with one attached hydrogen (secondary N) is 1. The van der Waals surface area contributed by atoms with Gasteiger partial charge >= 0.3 is 11.9 Å². The predicted octanol–water partition coefficient (Wildman–Crippen LogP) is 0.815. The standard InChI is InChI=1S/C26H26N6O9S2/c1-4-7-31-9-16(34)15(33)8-13(31)6-5-12-10-42-22-18(21(36)32(22)19(12)23(37)38)29-20(35)17(14-11-43-25(27)28-14)30-41-26(2,3)24(39)40/h4-6,8-9,11,18,22,34H,1,7,10H2,2-3H3,(H2,27,28)(H,29,35)(H,37,38)(H,39,40)/b6-5?,30-17-/t18-,22-/m1/s1. The van der Waals surface area contributed by atoms with Crippen molar-refractivity contribution >= 4 is 63.8 Å². The molecule has 1 fully saturated rings. The Balaban J connectivity index is 1.59. The number of aromatic hydroxyl groups is 1. The van der Waals surface area contributed by atoms with Crippen molar-refractivity contribution in [2.24, 2.45) is 5.16 Å². The predicted molar refractivity (Wildman–Crippen MR) is 157 cm³/mol. The molecule has 2 atom stereocenters. The number of hydrogen-bond acceptors (Lipinski definition) is 12. The van der Waals surface area contributed by atoms with E-state index in [4.69, 9.17) is 10.6 Å². The van der Waals surface area contributed by atoms with E-state index in [0.29, 0.717) is 5.69 Å². The lowest BCUT2D eigenvalue weighted by atomic mass is 10.0. The molecule has 0 unspecified atom stereocenters. The van der Waals surface area contributed by atoms with E-state index in [0.717, 1.165) is 16.2 Å². The number of allylic oxidation sites excluding steroid dienone is 2. The monoisotopic (exact) mass is 630 g/mol. The zero-order valence-corrected chi connectivity index (χ0v) is 24.3. The third-order valence-electron chi connectivity index (χ3n) is 6.27. The molecule has 0 saturated carbocycles. The van der Waals surface area contributed by atoms with Crippen molar-refractivity contribution in [3.63, 3.8) is 0 Å². The highest BCUT2D eigenvalue weighted by Gasteiger charge is 2.54. The first-order chi connectivity index (χ1) is 20.2. The second-order valence-electron chi connectivity index (χ2n) is 9.68. The van der Waals surface area contributed by atoms with Crippen molar-refractivity contribution in [1.29, 1.82) is 0 Å². The summed E-state index contributed by atoms with van der Waals surface area (Å²) in [5.74, 6) is -4.65. The normalized spacial score (nSPS) is 18.7. The molecule has 4 heterocycles. The molecule has 4 rings (SSSR count). The minimum atomic E-state index is -1.79. The Kier molecular flexibility index (Phi) is 8.77. The minimum Gasteiger partial charge on any atom is -0.503 e. The third-order valence-corrected chi connectivity index (χ3v) is 8.25. The molecule has 2 aromatic heterocycles. The van der Waals surface area contributed by atoms with Gasteiger partial charge in [0.15, 0.2) is 16.6 Å². The summed E-state index contributed by atoms with van der Waals surface area (Å²) in [4.78, 5) is 72.2. The first kappa shape index (κ1) is 31.0. The molecule has 226 valence electrons. The van der Waals surface area contributed by atoms with Crippen molar-refractivity contribution in [2.45, 2.75) is 37.4 Å². The number of thioether (sulfide) groups is 1. The van der Waals surface area contributed by atoms with Crippen molar-refractivity contribution in [1.82, 2.24) is 19.8 Å². The van der Waals surface area contributed by atoms with Crippen LogP contribution in [0.3, 0.4) is 0 Å². The summed E-state index contributed by atoms with van der Waals surface area (Å²) >= 11 is 2.19. The van der Waals surface area contributed by atoms with Crippen LogP contribution < -0.4 is 16.5 Å². The van der Waals surface area contributed by atoms with Crippen LogP contribution in [0.1, 0.15) is 25.2 Å². The Labute approximate surface area is 251 Å². The van der Waals surface area contributed by atoms with E-state index in [-0.39, 0.29) is 34.4 Å². The maximum absolute atomic E-state index is 13.2. The number of fused-ring (bicyclic) bond motifs is 1. The lowest BCUT2D eigenvalue weighted by Gasteiger charge is -2.49. The van der Waals surface area contributed by atoms with Gasteiger partial charge in [0.1, 0.15) is 22.8 Å². The van der Waals surface area contributed by atoms with Gasteiger partial charge in [-0.2, -0.15) is 0 Å². The van der Waals surface area contributed by atoms with E-state index >= 15 is 0 Å². The highest BCUT2D eigenvalue weighted by molar-refractivity contribution is 8.00. The number of aromatic nitrogens is 2. The fourth-order valence-corrected chi connectivity index (χ4v) is 5.85. The fourth-order valence-electron chi connectivity index (χ4n) is 3.98. The Morgan fingerprint density at radius 1 is 1.30 bits per heavy atom. The summed E-state index contributed by atoms with van der Waals surface area (Å²) in [5.41, 5.74) is 3.18. The number of carbonyl (C=O) groups excluding carboxylic acids is 2. The molecule has 43 heavy (non-hydrogen) atoms. The first-order valence-electron chi connectivity index (χ1n) is 12.4. The van der Waals surface area contributed by atoms with Crippen LogP contribution in [-0.2, 0) is 30.6 Å². The van der Waals surface area contributed by atoms with Crippen LogP contribution in [0.15, 0.2) is 57.6 Å². The number of oxime groups is 1. The van der Waals surface area contributed by atoms with Crippen LogP contribution in [0.2, 0.25) is 0 Å². The largest absolute Gasteiger partial charge is 0.503 e. The van der Waals surface area contributed by atoms with E-state index in [1.165, 1.54) is 60.0 Å². The number of carbonyl (C=O) groups is 4. The second kappa shape index (κ2) is 12.1. The lowest BCUT2D eigenvalue weighted by molar-refractivity contribution is -0.161. The van der Waals surface area contributed by atoms with Gasteiger partial charge in [-0.05, 0) is 25.5 Å². The SMILES string of the molecule is C=CCn1cc(O)c(=O)cc1C=CC1=C(C(=O)O)N2C(=O)[C@@H](NC(=O)/C(=N\OC(C)(C)C(=O)O)c3csc(N)n3)[C@H]2SC1. The number of nitrogen functional groups attached to an aromatic ring is 1. The molecule has 0 aliphatic carbocycles. The van der Waals surface area contributed by atoms with Crippen LogP contribution in [0, 0.1) is 0 Å². The number of thiazole rings is 1. The van der Waals surface area contributed by atoms with Gasteiger partial charge in [-0.25, -0.2) is 14.6 Å². The third kappa shape index (κ3) is 6.31. The second-order valence-corrected chi connectivity index (χ2v) is 11.7. The van der Waals surface area contributed by atoms with Crippen LogP contribution in [-0.4, -0.2) is 82.0 Å². The van der Waals surface area contributed by atoms with Gasteiger partial charge in [0.05, 0.1) is 6.20 Å². The summed E-state index contributed by atoms with van der Waals surface area (Å²) in [6.45, 7) is 6.35. The highest BCUT2D eigenvalue weighted by Crippen LogP contribution is 2.41. The molecule has 0 radical (unpaired) electrons. The number of amides is 2. The average molecular weight is 631 g/mol. The number of carboxylic acids is 2. The molecule has 15 nitrogen and oxygen atoms in total. The number of nitrogens with zero attached hydrogens (tertiary/aromatic N) is 4. The first-order valence-corrected chi connectivity index (χ1v) is 14.3. The number of nitrogens with two attached hydrogens (primary N) is 1. The molecule has 2 aromatic rings. The molecule has 2 amide bonds. The summed E-state index contributed by atoms with van der Waals surface area (Å²) in [6, 6.07) is 0.0483. The number of β-lactam (4-membered cyclic amide) rings is 1. The Morgan fingerprint density at radius 3 is 2.63 bits per heavy atom. The molecule has 1 saturated heterocycles. The zero-order valence-electron chi connectivity index (χ0n) is 22.7. The molecule has 17 heteroatoms. The van der Waals surface area contributed by atoms with Gasteiger partial charge in [0, 0.05) is 29.4 Å². The van der Waals surface area contributed by atoms with Crippen LogP contribution >= 0.6 is 23.1 Å². The number of hydrogen-bond donors (Lipinski definition) is 5. The van der Waals surface area contributed by atoms with Crippen molar-refractivity contribution < 1.29 is 39.3 Å². The molecule has 0 aromatic carbocycles. The van der Waals surface area contributed by atoms with Gasteiger partial charge in [-0.1, -0.05) is 17.3 Å². The summed E-state index contributed by atoms with van der Waals surface area (Å²) in [6.07, 6.45) is 5.75. The van der Waals surface area contributed by atoms with Gasteiger partial charge in [-0.3, -0.25) is 19.3 Å². The quantitative estimate of drug-likeness (QED) is 0.101. The van der Waals surface area contributed by atoms with Crippen LogP contribution in [0.4, 0.5) is 5.13 Å². The molecule has 6 N–H and O–H groups in total. The maximum Gasteiger partial charge on any atom is 0.352 e. The van der Waals surface area contributed by atoms with Crippen LogP contribution in [0.25, 0.3) is 6.08 Å². The molecule has 0 spiro atoms. The van der Waals surface area contributed by atoms with E-state index in [2.05, 4.69) is 22.0 Å².